The van der Waals surface area contributed by atoms with Crippen molar-refractivity contribution in [2.24, 2.45) is 0 Å². The maximum absolute atomic E-state index is 13.0. The zero-order chi connectivity index (χ0) is 24.9. The van der Waals surface area contributed by atoms with E-state index in [2.05, 4.69) is 15.1 Å². The Hall–Kier alpha value is -3.33. The van der Waals surface area contributed by atoms with E-state index in [0.717, 1.165) is 51.3 Å². The first-order valence-corrected chi connectivity index (χ1v) is 12.7. The van der Waals surface area contributed by atoms with Crippen LogP contribution in [-0.4, -0.2) is 95.6 Å². The fraction of sp³-hybridized carbons (Fsp3) is 0.393. The number of para-hydroxylation sites is 1. The first kappa shape index (κ1) is 24.4. The lowest BCUT2D eigenvalue weighted by Gasteiger charge is -2.35. The Kier molecular flexibility index (Phi) is 7.55. The van der Waals surface area contributed by atoms with Crippen LogP contribution in [0.2, 0.25) is 0 Å². The lowest BCUT2D eigenvalue weighted by molar-refractivity contribution is -0.136. The number of carboxylic acids is 1. The molecule has 0 saturated carbocycles. The molecule has 2 fully saturated rings. The predicted molar refractivity (Wildman–Crippen MR) is 140 cm³/mol. The number of piperazine rings is 2. The van der Waals surface area contributed by atoms with Gasteiger partial charge in [0.2, 0.25) is 5.91 Å². The Morgan fingerprint density at radius 1 is 0.917 bits per heavy atom. The molecule has 36 heavy (non-hydrogen) atoms. The minimum Gasteiger partial charge on any atom is -0.478 e. The standard InChI is InChI=1S/C28H33N5O3/c34-25-20-32(17-18-33(25)14-6-13-31-15-11-29-12-16-31)19-23-26(28(35)36)22-9-4-5-10-24(22)30-27(23)21-7-2-1-3-8-21/h1-5,7-10,29H,6,11-20H2,(H,35,36). The number of carbonyl (C=O) groups is 2. The van der Waals surface area contributed by atoms with Crippen LogP contribution in [0.15, 0.2) is 54.6 Å². The molecule has 0 radical (unpaired) electrons. The van der Waals surface area contributed by atoms with E-state index in [1.54, 1.807) is 0 Å². The van der Waals surface area contributed by atoms with Crippen molar-refractivity contribution < 1.29 is 14.7 Å². The summed E-state index contributed by atoms with van der Waals surface area (Å²) in [6.45, 7) is 8.00. The van der Waals surface area contributed by atoms with E-state index in [1.165, 1.54) is 0 Å². The van der Waals surface area contributed by atoms with Crippen molar-refractivity contribution in [1.29, 1.82) is 0 Å². The lowest BCUT2D eigenvalue weighted by atomic mass is 9.96. The number of hydrogen-bond donors (Lipinski definition) is 2. The average molecular weight is 488 g/mol. The SMILES string of the molecule is O=C(O)c1c(CN2CCN(CCCN3CCNCC3)C(=O)C2)c(-c2ccccc2)nc2ccccc12. The summed E-state index contributed by atoms with van der Waals surface area (Å²) in [7, 11) is 0. The van der Waals surface area contributed by atoms with E-state index in [9.17, 15) is 14.7 Å². The molecule has 2 N–H and O–H groups in total. The minimum atomic E-state index is -0.973. The van der Waals surface area contributed by atoms with E-state index < -0.39 is 5.97 Å². The third-order valence-electron chi connectivity index (χ3n) is 7.15. The van der Waals surface area contributed by atoms with Gasteiger partial charge in [0, 0.05) is 68.9 Å². The van der Waals surface area contributed by atoms with Gasteiger partial charge in [0.15, 0.2) is 0 Å². The Morgan fingerprint density at radius 3 is 2.42 bits per heavy atom. The van der Waals surface area contributed by atoms with E-state index in [1.807, 2.05) is 59.5 Å². The van der Waals surface area contributed by atoms with Gasteiger partial charge in [-0.05, 0) is 19.0 Å². The van der Waals surface area contributed by atoms with Crippen molar-refractivity contribution in [3.63, 3.8) is 0 Å². The molecule has 2 aliphatic heterocycles. The summed E-state index contributed by atoms with van der Waals surface area (Å²) in [5.74, 6) is -0.868. The van der Waals surface area contributed by atoms with Crippen LogP contribution in [0.5, 0.6) is 0 Å². The van der Waals surface area contributed by atoms with Gasteiger partial charge in [0.1, 0.15) is 0 Å². The van der Waals surface area contributed by atoms with Crippen LogP contribution in [0.3, 0.4) is 0 Å². The maximum Gasteiger partial charge on any atom is 0.336 e. The molecule has 0 bridgehead atoms. The second kappa shape index (κ2) is 11.2. The molecule has 0 aliphatic carbocycles. The van der Waals surface area contributed by atoms with Crippen LogP contribution in [0.1, 0.15) is 22.3 Å². The van der Waals surface area contributed by atoms with Crippen molar-refractivity contribution in [2.75, 3.05) is 58.9 Å². The Bertz CT molecular complexity index is 1230. The molecule has 8 heteroatoms. The van der Waals surface area contributed by atoms with Crippen molar-refractivity contribution >= 4 is 22.8 Å². The molecular formula is C28H33N5O3. The zero-order valence-electron chi connectivity index (χ0n) is 20.5. The quantitative estimate of drug-likeness (QED) is 0.505. The fourth-order valence-corrected chi connectivity index (χ4v) is 5.26. The van der Waals surface area contributed by atoms with Crippen molar-refractivity contribution in [2.45, 2.75) is 13.0 Å². The molecule has 2 aliphatic rings. The first-order chi connectivity index (χ1) is 17.6. The number of nitrogens with zero attached hydrogens (tertiary/aromatic N) is 4. The van der Waals surface area contributed by atoms with Crippen molar-refractivity contribution in [1.82, 2.24) is 25.0 Å². The fourth-order valence-electron chi connectivity index (χ4n) is 5.26. The molecule has 1 aromatic heterocycles. The van der Waals surface area contributed by atoms with Gasteiger partial charge < -0.3 is 20.2 Å². The van der Waals surface area contributed by atoms with Gasteiger partial charge >= 0.3 is 5.97 Å². The zero-order valence-corrected chi connectivity index (χ0v) is 20.5. The summed E-state index contributed by atoms with van der Waals surface area (Å²) in [6, 6.07) is 17.1. The topological polar surface area (TPSA) is 89.0 Å². The van der Waals surface area contributed by atoms with E-state index in [0.29, 0.717) is 41.8 Å². The second-order valence-corrected chi connectivity index (χ2v) is 9.54. The molecule has 3 heterocycles. The van der Waals surface area contributed by atoms with Crippen LogP contribution < -0.4 is 5.32 Å². The maximum atomic E-state index is 13.0. The highest BCUT2D eigenvalue weighted by atomic mass is 16.4. The van der Waals surface area contributed by atoms with Gasteiger partial charge in [0.25, 0.3) is 0 Å². The Morgan fingerprint density at radius 2 is 1.67 bits per heavy atom. The third-order valence-corrected chi connectivity index (χ3v) is 7.15. The molecule has 8 nitrogen and oxygen atoms in total. The molecule has 3 aromatic rings. The predicted octanol–water partition coefficient (Wildman–Crippen LogP) is 2.54. The number of hydrogen-bond acceptors (Lipinski definition) is 6. The van der Waals surface area contributed by atoms with Gasteiger partial charge in [-0.15, -0.1) is 0 Å². The number of fused-ring (bicyclic) bond motifs is 1. The molecule has 2 saturated heterocycles. The largest absolute Gasteiger partial charge is 0.478 e. The molecule has 0 spiro atoms. The highest BCUT2D eigenvalue weighted by Crippen LogP contribution is 2.31. The Labute approximate surface area is 211 Å². The minimum absolute atomic E-state index is 0.105. The summed E-state index contributed by atoms with van der Waals surface area (Å²) in [5, 5.41) is 14.2. The third kappa shape index (κ3) is 5.41. The van der Waals surface area contributed by atoms with Crippen LogP contribution in [0, 0.1) is 0 Å². The van der Waals surface area contributed by atoms with Crippen LogP contribution in [0.25, 0.3) is 22.2 Å². The summed E-state index contributed by atoms with van der Waals surface area (Å²) in [5.41, 5.74) is 3.12. The lowest BCUT2D eigenvalue weighted by Crippen LogP contribution is -2.51. The van der Waals surface area contributed by atoms with E-state index >= 15 is 0 Å². The van der Waals surface area contributed by atoms with Gasteiger partial charge in [-0.25, -0.2) is 9.78 Å². The molecule has 188 valence electrons. The second-order valence-electron chi connectivity index (χ2n) is 9.54. The number of amides is 1. The number of carboxylic acid groups (broad SMARTS) is 1. The number of carbonyl (C=O) groups excluding carboxylic acids is 1. The van der Waals surface area contributed by atoms with Gasteiger partial charge in [0.05, 0.1) is 23.3 Å². The molecule has 1 amide bonds. The number of nitrogens with one attached hydrogen (secondary N) is 1. The van der Waals surface area contributed by atoms with Crippen LogP contribution in [0.4, 0.5) is 0 Å². The number of aromatic carboxylic acids is 1. The molecule has 2 aromatic carbocycles. The van der Waals surface area contributed by atoms with Gasteiger partial charge in [-0.2, -0.15) is 0 Å². The summed E-state index contributed by atoms with van der Waals surface area (Å²) >= 11 is 0. The van der Waals surface area contributed by atoms with Crippen LogP contribution in [-0.2, 0) is 11.3 Å². The van der Waals surface area contributed by atoms with Crippen LogP contribution >= 0.6 is 0 Å². The molecular weight excluding hydrogens is 454 g/mol. The normalized spacial score (nSPS) is 17.6. The molecule has 0 unspecified atom stereocenters. The van der Waals surface area contributed by atoms with E-state index in [-0.39, 0.29) is 18.0 Å². The van der Waals surface area contributed by atoms with Crippen molar-refractivity contribution in [3.05, 3.63) is 65.7 Å². The Balaban J connectivity index is 1.34. The summed E-state index contributed by atoms with van der Waals surface area (Å²) in [6.07, 6.45) is 0.974. The van der Waals surface area contributed by atoms with E-state index in [4.69, 9.17) is 4.98 Å². The number of rotatable bonds is 8. The van der Waals surface area contributed by atoms with Gasteiger partial charge in [-0.3, -0.25) is 9.69 Å². The summed E-state index contributed by atoms with van der Waals surface area (Å²) in [4.78, 5) is 36.8. The smallest absolute Gasteiger partial charge is 0.336 e. The molecule has 0 atom stereocenters. The highest BCUT2D eigenvalue weighted by molar-refractivity contribution is 6.05. The summed E-state index contributed by atoms with van der Waals surface area (Å²) < 4.78 is 0. The number of benzene rings is 2. The average Bonchev–Trinajstić information content (AvgIpc) is 2.90. The number of pyridine rings is 1. The van der Waals surface area contributed by atoms with Gasteiger partial charge in [-0.1, -0.05) is 48.5 Å². The monoisotopic (exact) mass is 487 g/mol. The van der Waals surface area contributed by atoms with Crippen molar-refractivity contribution in [3.8, 4) is 11.3 Å². The highest BCUT2D eigenvalue weighted by Gasteiger charge is 2.28. The molecule has 5 rings (SSSR count). The first-order valence-electron chi connectivity index (χ1n) is 12.7. The number of aromatic nitrogens is 1.